The van der Waals surface area contributed by atoms with Crippen molar-refractivity contribution in [3.8, 4) is 11.5 Å². The van der Waals surface area contributed by atoms with Gasteiger partial charge >= 0.3 is 0 Å². The van der Waals surface area contributed by atoms with Crippen LogP contribution in [-0.2, 0) is 4.79 Å². The number of amides is 1. The van der Waals surface area contributed by atoms with Gasteiger partial charge in [-0.25, -0.2) is 0 Å². The summed E-state index contributed by atoms with van der Waals surface area (Å²) < 4.78 is 11.1. The van der Waals surface area contributed by atoms with Crippen LogP contribution in [0.5, 0.6) is 11.5 Å². The minimum atomic E-state index is -0.0228. The molecule has 7 nitrogen and oxygen atoms in total. The van der Waals surface area contributed by atoms with Crippen LogP contribution in [0.15, 0.2) is 29.3 Å². The van der Waals surface area contributed by atoms with Gasteiger partial charge < -0.3 is 25.4 Å². The molecule has 0 heterocycles. The zero-order chi connectivity index (χ0) is 20.6. The molecule has 7 heteroatoms. The van der Waals surface area contributed by atoms with Crippen molar-refractivity contribution in [3.05, 3.63) is 24.3 Å². The first-order chi connectivity index (χ1) is 14.1. The lowest BCUT2D eigenvalue weighted by molar-refractivity contribution is -0.126. The Labute approximate surface area is 173 Å². The molecule has 3 atom stereocenters. The van der Waals surface area contributed by atoms with Crippen molar-refractivity contribution < 1.29 is 14.3 Å². The Hall–Kier alpha value is -2.44. The molecule has 2 aliphatic carbocycles. The van der Waals surface area contributed by atoms with Gasteiger partial charge in [0.05, 0.1) is 13.7 Å². The molecule has 3 rings (SSSR count). The molecule has 1 amide bonds. The summed E-state index contributed by atoms with van der Waals surface area (Å²) >= 11 is 0. The fourth-order valence-corrected chi connectivity index (χ4v) is 3.66. The van der Waals surface area contributed by atoms with E-state index in [2.05, 4.69) is 20.9 Å². The average molecular weight is 403 g/mol. The minimum absolute atomic E-state index is 0.0228. The third-order valence-electron chi connectivity index (χ3n) is 5.49. The summed E-state index contributed by atoms with van der Waals surface area (Å²) in [4.78, 5) is 16.7. The van der Waals surface area contributed by atoms with E-state index in [1.165, 1.54) is 0 Å². The molecule has 0 spiro atoms. The Morgan fingerprint density at radius 1 is 1.10 bits per heavy atom. The van der Waals surface area contributed by atoms with Gasteiger partial charge in [-0.3, -0.25) is 9.79 Å². The zero-order valence-electron chi connectivity index (χ0n) is 17.7. The predicted octanol–water partition coefficient (Wildman–Crippen LogP) is 2.46. The second-order valence-corrected chi connectivity index (χ2v) is 8.04. The molecule has 0 bridgehead atoms. The van der Waals surface area contributed by atoms with Crippen LogP contribution in [0.2, 0.25) is 0 Å². The first-order valence-corrected chi connectivity index (χ1v) is 10.7. The molecule has 1 aromatic rings. The van der Waals surface area contributed by atoms with Gasteiger partial charge in [-0.1, -0.05) is 6.42 Å². The van der Waals surface area contributed by atoms with E-state index in [0.29, 0.717) is 12.6 Å². The Morgan fingerprint density at radius 3 is 2.48 bits per heavy atom. The van der Waals surface area contributed by atoms with Gasteiger partial charge in [0.25, 0.3) is 0 Å². The normalized spacial score (nSPS) is 23.1. The third-order valence-corrected chi connectivity index (χ3v) is 5.49. The Balaban J connectivity index is 1.41. The molecule has 29 heavy (non-hydrogen) atoms. The molecule has 3 unspecified atom stereocenters. The molecular formula is C22H34N4O3. The highest BCUT2D eigenvalue weighted by Crippen LogP contribution is 2.26. The van der Waals surface area contributed by atoms with E-state index in [0.717, 1.165) is 56.0 Å². The molecule has 2 saturated carbocycles. The smallest absolute Gasteiger partial charge is 0.223 e. The minimum Gasteiger partial charge on any atom is -0.497 e. The van der Waals surface area contributed by atoms with Crippen molar-refractivity contribution in [3.63, 3.8) is 0 Å². The van der Waals surface area contributed by atoms with E-state index < -0.39 is 0 Å². The SMILES string of the molecule is CN=C(NCC(C)Oc1ccc(OC)cc1)NC1CCCC(C(=O)NC2CC2)C1. The van der Waals surface area contributed by atoms with E-state index in [1.807, 2.05) is 31.2 Å². The topological polar surface area (TPSA) is 84.0 Å². The monoisotopic (exact) mass is 402 g/mol. The number of hydrogen-bond acceptors (Lipinski definition) is 4. The molecule has 1 aromatic carbocycles. The van der Waals surface area contributed by atoms with Crippen LogP contribution >= 0.6 is 0 Å². The number of rotatable bonds is 8. The van der Waals surface area contributed by atoms with Crippen molar-refractivity contribution >= 4 is 11.9 Å². The van der Waals surface area contributed by atoms with Crippen LogP contribution in [0.3, 0.4) is 0 Å². The number of aliphatic imine (C=N–C) groups is 1. The second-order valence-electron chi connectivity index (χ2n) is 8.04. The highest BCUT2D eigenvalue weighted by atomic mass is 16.5. The summed E-state index contributed by atoms with van der Waals surface area (Å²) in [5.41, 5.74) is 0. The van der Waals surface area contributed by atoms with E-state index in [9.17, 15) is 4.79 Å². The number of methoxy groups -OCH3 is 1. The number of hydrogen-bond donors (Lipinski definition) is 3. The van der Waals surface area contributed by atoms with Crippen LogP contribution in [0.4, 0.5) is 0 Å². The molecule has 0 saturated heterocycles. The number of ether oxygens (including phenoxy) is 2. The molecule has 3 N–H and O–H groups in total. The summed E-state index contributed by atoms with van der Waals surface area (Å²) in [6.07, 6.45) is 6.21. The standard InChI is InChI=1S/C22H34N4O3/c1-15(29-20-11-9-19(28-3)10-12-20)14-24-22(23-2)26-18-6-4-5-16(13-18)21(27)25-17-7-8-17/h9-12,15-18H,4-8,13-14H2,1-3H3,(H,25,27)(H2,23,24,26). The molecule has 0 radical (unpaired) electrons. The maximum Gasteiger partial charge on any atom is 0.223 e. The molecule has 0 aliphatic heterocycles. The Kier molecular flexibility index (Phi) is 7.61. The van der Waals surface area contributed by atoms with Gasteiger partial charge in [-0.05, 0) is 63.3 Å². The number of carbonyl (C=O) groups is 1. The Bertz CT molecular complexity index is 688. The quantitative estimate of drug-likeness (QED) is 0.460. The van der Waals surface area contributed by atoms with Gasteiger partial charge in [0.2, 0.25) is 5.91 Å². The van der Waals surface area contributed by atoms with Crippen molar-refractivity contribution in [2.75, 3.05) is 20.7 Å². The van der Waals surface area contributed by atoms with Crippen molar-refractivity contribution in [1.82, 2.24) is 16.0 Å². The fourth-order valence-electron chi connectivity index (χ4n) is 3.66. The predicted molar refractivity (Wildman–Crippen MR) is 114 cm³/mol. The maximum atomic E-state index is 12.4. The van der Waals surface area contributed by atoms with Crippen molar-refractivity contribution in [2.24, 2.45) is 10.9 Å². The molecule has 2 aliphatic rings. The zero-order valence-corrected chi connectivity index (χ0v) is 17.7. The van der Waals surface area contributed by atoms with Crippen LogP contribution < -0.4 is 25.4 Å². The summed E-state index contributed by atoms with van der Waals surface area (Å²) in [5.74, 6) is 2.70. The fraction of sp³-hybridized carbons (Fsp3) is 0.636. The lowest BCUT2D eigenvalue weighted by Crippen LogP contribution is -2.48. The van der Waals surface area contributed by atoms with Crippen molar-refractivity contribution in [1.29, 1.82) is 0 Å². The summed E-state index contributed by atoms with van der Waals surface area (Å²) in [5, 5.41) is 9.96. The molecule has 160 valence electrons. The first-order valence-electron chi connectivity index (χ1n) is 10.7. The van der Waals surface area contributed by atoms with E-state index in [1.54, 1.807) is 14.2 Å². The van der Waals surface area contributed by atoms with Crippen molar-refractivity contribution in [2.45, 2.75) is 63.6 Å². The van der Waals surface area contributed by atoms with Gasteiger partial charge in [0, 0.05) is 25.0 Å². The Morgan fingerprint density at radius 2 is 1.83 bits per heavy atom. The van der Waals surface area contributed by atoms with Gasteiger partial charge in [0.15, 0.2) is 5.96 Å². The highest BCUT2D eigenvalue weighted by Gasteiger charge is 2.31. The number of carbonyl (C=O) groups excluding carboxylic acids is 1. The lowest BCUT2D eigenvalue weighted by atomic mass is 9.85. The highest BCUT2D eigenvalue weighted by molar-refractivity contribution is 5.81. The van der Waals surface area contributed by atoms with Crippen LogP contribution in [0.25, 0.3) is 0 Å². The van der Waals surface area contributed by atoms with Crippen LogP contribution in [0, 0.1) is 5.92 Å². The van der Waals surface area contributed by atoms with Crippen LogP contribution in [0.1, 0.15) is 45.4 Å². The maximum absolute atomic E-state index is 12.4. The average Bonchev–Trinajstić information content (AvgIpc) is 3.56. The van der Waals surface area contributed by atoms with Gasteiger partial charge in [-0.15, -0.1) is 0 Å². The number of nitrogens with zero attached hydrogens (tertiary/aromatic N) is 1. The number of benzene rings is 1. The molecular weight excluding hydrogens is 368 g/mol. The first kappa shape index (κ1) is 21.3. The van der Waals surface area contributed by atoms with Gasteiger partial charge in [0.1, 0.15) is 17.6 Å². The van der Waals surface area contributed by atoms with E-state index in [4.69, 9.17) is 9.47 Å². The largest absolute Gasteiger partial charge is 0.497 e. The number of guanidine groups is 1. The summed E-state index contributed by atoms with van der Waals surface area (Å²) in [7, 11) is 3.42. The summed E-state index contributed by atoms with van der Waals surface area (Å²) in [6.45, 7) is 2.65. The van der Waals surface area contributed by atoms with Crippen LogP contribution in [-0.4, -0.2) is 50.8 Å². The lowest BCUT2D eigenvalue weighted by Gasteiger charge is -2.30. The summed E-state index contributed by atoms with van der Waals surface area (Å²) in [6, 6.07) is 8.26. The number of nitrogens with one attached hydrogen (secondary N) is 3. The molecule has 2 fully saturated rings. The van der Waals surface area contributed by atoms with E-state index >= 15 is 0 Å². The van der Waals surface area contributed by atoms with Gasteiger partial charge in [-0.2, -0.15) is 0 Å². The van der Waals surface area contributed by atoms with E-state index in [-0.39, 0.29) is 24.0 Å². The third kappa shape index (κ3) is 6.84. The molecule has 0 aromatic heterocycles. The second kappa shape index (κ2) is 10.4.